The molecule has 2 saturated carbocycles. The molecule has 0 saturated heterocycles. The summed E-state index contributed by atoms with van der Waals surface area (Å²) >= 11 is 3.01. The van der Waals surface area contributed by atoms with Crippen molar-refractivity contribution >= 4 is 55.8 Å². The van der Waals surface area contributed by atoms with Crippen molar-refractivity contribution in [2.45, 2.75) is 75.0 Å². The lowest BCUT2D eigenvalue weighted by molar-refractivity contribution is 0.366. The molecule has 10 heteroatoms. The van der Waals surface area contributed by atoms with Crippen molar-refractivity contribution in [2.24, 2.45) is 9.98 Å². The van der Waals surface area contributed by atoms with Gasteiger partial charge in [-0.2, -0.15) is 0 Å². The maximum atomic E-state index is 9.26. The van der Waals surface area contributed by atoms with E-state index >= 15 is 0 Å². The van der Waals surface area contributed by atoms with Gasteiger partial charge in [0.15, 0.2) is 0 Å². The molecule has 4 aliphatic carbocycles. The average molecular weight is 509 g/mol. The van der Waals surface area contributed by atoms with E-state index < -0.39 is 0 Å². The molecule has 0 atom stereocenters. The normalized spacial score (nSPS) is 21.3. The predicted octanol–water partition coefficient (Wildman–Crippen LogP) is 6.89. The summed E-state index contributed by atoms with van der Waals surface area (Å²) in [5.74, 6) is -0.381. The molecule has 8 nitrogen and oxygen atoms in total. The molecule has 4 aliphatic rings. The summed E-state index contributed by atoms with van der Waals surface area (Å²) < 4.78 is 0. The van der Waals surface area contributed by atoms with E-state index in [0.29, 0.717) is 10.3 Å². The summed E-state index contributed by atoms with van der Waals surface area (Å²) in [7, 11) is 0. The SMILES string of the molecule is [C-]#[N+]C(C#N)=Nc1nc2c(s1)C1=C(c3sc(N=C(C#N)[N+]#[C-])nc3C13CCCCC3)C21CCCCC1. The van der Waals surface area contributed by atoms with Gasteiger partial charge in [0.05, 0.1) is 21.1 Å². The molecule has 0 bridgehead atoms. The van der Waals surface area contributed by atoms with E-state index in [1.54, 1.807) is 0 Å². The third-order valence-electron chi connectivity index (χ3n) is 8.03. The summed E-state index contributed by atoms with van der Waals surface area (Å²) in [6.45, 7) is 14.5. The number of nitrogens with zero attached hydrogens (tertiary/aromatic N) is 8. The molecule has 0 aliphatic heterocycles. The number of aliphatic imine (C=N–C) groups is 2. The number of thiazole rings is 2. The first-order chi connectivity index (χ1) is 17.6. The van der Waals surface area contributed by atoms with E-state index in [1.807, 2.05) is 12.1 Å². The van der Waals surface area contributed by atoms with E-state index in [-0.39, 0.29) is 22.5 Å². The largest absolute Gasteiger partial charge is 0.352 e. The maximum absolute atomic E-state index is 9.26. The molecule has 2 spiro atoms. The third-order valence-corrected chi connectivity index (χ3v) is 9.96. The van der Waals surface area contributed by atoms with Gasteiger partial charge in [-0.15, -0.1) is 0 Å². The van der Waals surface area contributed by atoms with Gasteiger partial charge in [0.25, 0.3) is 0 Å². The van der Waals surface area contributed by atoms with Crippen molar-refractivity contribution in [1.82, 2.24) is 9.97 Å². The molecule has 0 radical (unpaired) electrons. The van der Waals surface area contributed by atoms with Gasteiger partial charge >= 0.3 is 21.9 Å². The molecular weight excluding hydrogens is 488 g/mol. The first kappa shape index (κ1) is 22.7. The molecule has 2 heterocycles. The smallest absolute Gasteiger partial charge is 0.351 e. The predicted molar refractivity (Wildman–Crippen MR) is 139 cm³/mol. The van der Waals surface area contributed by atoms with Crippen molar-refractivity contribution in [3.8, 4) is 12.1 Å². The Morgan fingerprint density at radius 1 is 0.722 bits per heavy atom. The zero-order chi connectivity index (χ0) is 24.9. The topological polar surface area (TPSA) is 107 Å². The fraction of sp³-hybridized carbons (Fsp3) is 0.462. The Morgan fingerprint density at radius 2 is 1.11 bits per heavy atom. The monoisotopic (exact) mass is 508 g/mol. The first-order valence-corrected chi connectivity index (χ1v) is 13.7. The van der Waals surface area contributed by atoms with Crippen LogP contribution in [-0.2, 0) is 10.8 Å². The Morgan fingerprint density at radius 3 is 1.44 bits per heavy atom. The molecule has 6 rings (SSSR count). The van der Waals surface area contributed by atoms with Crippen LogP contribution >= 0.6 is 22.7 Å². The highest BCUT2D eigenvalue weighted by Gasteiger charge is 2.60. The van der Waals surface area contributed by atoms with E-state index in [1.165, 1.54) is 46.7 Å². The van der Waals surface area contributed by atoms with Crippen LogP contribution in [-0.4, -0.2) is 21.6 Å². The lowest BCUT2D eigenvalue weighted by atomic mass is 9.68. The van der Waals surface area contributed by atoms with Crippen LogP contribution in [0.2, 0.25) is 0 Å². The van der Waals surface area contributed by atoms with Crippen LogP contribution in [0.4, 0.5) is 10.3 Å². The molecular formula is C26H20N8S2. The van der Waals surface area contributed by atoms with Crippen molar-refractivity contribution in [1.29, 1.82) is 10.5 Å². The van der Waals surface area contributed by atoms with Crippen LogP contribution < -0.4 is 0 Å². The number of allylic oxidation sites excluding steroid dienone is 2. The maximum Gasteiger partial charge on any atom is 0.352 e. The van der Waals surface area contributed by atoms with Crippen LogP contribution in [0.25, 0.3) is 20.8 Å². The average Bonchev–Trinajstić information content (AvgIpc) is 3.63. The lowest BCUT2D eigenvalue weighted by Gasteiger charge is -2.35. The summed E-state index contributed by atoms with van der Waals surface area (Å²) in [5.41, 5.74) is 4.36. The second-order valence-corrected chi connectivity index (χ2v) is 11.7. The number of amidine groups is 2. The van der Waals surface area contributed by atoms with E-state index in [0.717, 1.165) is 72.5 Å². The molecule has 36 heavy (non-hydrogen) atoms. The standard InChI is InChI=1S/C26H20N8S2/c1-29-15(13-27)31-23-33-21-19(35-23)17-18(25(21)9-5-3-6-10-25)20-22(26(17)11-7-4-8-12-26)34-24(36-20)32-16(14-28)30-2/h3-12H2. The van der Waals surface area contributed by atoms with Gasteiger partial charge in [-0.1, -0.05) is 84.3 Å². The van der Waals surface area contributed by atoms with Crippen molar-refractivity contribution in [2.75, 3.05) is 0 Å². The summed E-state index contributed by atoms with van der Waals surface area (Å²) in [6.07, 6.45) is 10.8. The third kappa shape index (κ3) is 3.05. The van der Waals surface area contributed by atoms with Crippen molar-refractivity contribution in [3.05, 3.63) is 44.0 Å². The fourth-order valence-electron chi connectivity index (χ4n) is 6.69. The van der Waals surface area contributed by atoms with Gasteiger partial charge in [0.2, 0.25) is 0 Å². The minimum atomic E-state index is -0.223. The second kappa shape index (κ2) is 8.45. The number of nitriles is 2. The fourth-order valence-corrected chi connectivity index (χ4v) is 9.07. The Hall–Kier alpha value is -3.70. The Labute approximate surface area is 217 Å². The molecule has 176 valence electrons. The Balaban J connectivity index is 1.61. The van der Waals surface area contributed by atoms with Crippen LogP contribution in [0.15, 0.2) is 9.98 Å². The van der Waals surface area contributed by atoms with Crippen LogP contribution in [0, 0.1) is 35.8 Å². The van der Waals surface area contributed by atoms with Gasteiger partial charge in [0.1, 0.15) is 12.1 Å². The minimum Gasteiger partial charge on any atom is -0.351 e. The van der Waals surface area contributed by atoms with Crippen molar-refractivity contribution < 1.29 is 0 Å². The second-order valence-electron chi connectivity index (χ2n) is 9.70. The van der Waals surface area contributed by atoms with Gasteiger partial charge in [0, 0.05) is 10.8 Å². The Bertz CT molecular complexity index is 1400. The summed E-state index contributed by atoms with van der Waals surface area (Å²) in [4.78, 5) is 27.3. The number of hydrogen-bond acceptors (Lipinski definition) is 8. The molecule has 0 aromatic carbocycles. The van der Waals surface area contributed by atoms with Gasteiger partial charge in [-0.05, 0) is 36.8 Å². The number of hydrogen-bond donors (Lipinski definition) is 0. The van der Waals surface area contributed by atoms with Crippen molar-refractivity contribution in [3.63, 3.8) is 0 Å². The molecule has 0 unspecified atom stereocenters. The zero-order valence-corrected chi connectivity index (χ0v) is 21.1. The van der Waals surface area contributed by atoms with E-state index in [2.05, 4.69) is 19.7 Å². The van der Waals surface area contributed by atoms with E-state index in [4.69, 9.17) is 23.1 Å². The molecule has 2 aromatic heterocycles. The van der Waals surface area contributed by atoms with Crippen LogP contribution in [0.3, 0.4) is 0 Å². The lowest BCUT2D eigenvalue weighted by Crippen LogP contribution is -2.29. The quantitative estimate of drug-likeness (QED) is 0.250. The summed E-state index contributed by atoms with van der Waals surface area (Å²) in [5, 5.41) is 19.5. The van der Waals surface area contributed by atoms with Gasteiger partial charge in [-0.3, -0.25) is 0 Å². The van der Waals surface area contributed by atoms with E-state index in [9.17, 15) is 10.5 Å². The molecule has 2 aromatic rings. The van der Waals surface area contributed by atoms with Gasteiger partial charge < -0.3 is 9.69 Å². The van der Waals surface area contributed by atoms with Crippen LogP contribution in [0.1, 0.15) is 85.4 Å². The number of rotatable bonds is 2. The van der Waals surface area contributed by atoms with Gasteiger partial charge in [-0.25, -0.2) is 20.5 Å². The highest BCUT2D eigenvalue weighted by molar-refractivity contribution is 7.18. The Kier molecular flexibility index (Phi) is 5.34. The minimum absolute atomic E-state index is 0.190. The summed E-state index contributed by atoms with van der Waals surface area (Å²) in [6, 6.07) is 3.73. The molecule has 0 amide bonds. The highest BCUT2D eigenvalue weighted by Crippen LogP contribution is 2.71. The van der Waals surface area contributed by atoms with Crippen LogP contribution in [0.5, 0.6) is 0 Å². The number of fused-ring (bicyclic) bond motifs is 8. The first-order valence-electron chi connectivity index (χ1n) is 12.1. The highest BCUT2D eigenvalue weighted by atomic mass is 32.1. The molecule has 0 N–H and O–H groups in total. The zero-order valence-electron chi connectivity index (χ0n) is 19.5. The number of aromatic nitrogens is 2. The molecule has 2 fully saturated rings.